The third kappa shape index (κ3) is 8.66. The molecule has 140 valence electrons. The van der Waals surface area contributed by atoms with Gasteiger partial charge in [-0.05, 0) is 59.0 Å². The predicted molar refractivity (Wildman–Crippen MR) is 103 cm³/mol. The van der Waals surface area contributed by atoms with Crippen molar-refractivity contribution in [2.24, 2.45) is 4.99 Å². The summed E-state index contributed by atoms with van der Waals surface area (Å²) in [6, 6.07) is 0.213. The van der Waals surface area contributed by atoms with Crippen LogP contribution < -0.4 is 10.6 Å². The maximum absolute atomic E-state index is 12.2. The van der Waals surface area contributed by atoms with Gasteiger partial charge in [0.15, 0.2) is 5.96 Å². The molecule has 0 aromatic heterocycles. The Kier molecular flexibility index (Phi) is 9.33. The fourth-order valence-corrected chi connectivity index (χ4v) is 2.92. The highest BCUT2D eigenvalue weighted by Gasteiger charge is 2.27. The Morgan fingerprint density at radius 2 is 2.17 bits per heavy atom. The average molecular weight is 359 g/mol. The number of thioether (sulfide) groups is 1. The molecule has 6 nitrogen and oxygen atoms in total. The zero-order valence-electron chi connectivity index (χ0n) is 15.9. The van der Waals surface area contributed by atoms with Crippen LogP contribution in [0, 0.1) is 0 Å². The molecule has 0 saturated carbocycles. The van der Waals surface area contributed by atoms with E-state index in [2.05, 4.69) is 28.8 Å². The first-order chi connectivity index (χ1) is 11.4. The molecule has 0 aromatic rings. The lowest BCUT2D eigenvalue weighted by Gasteiger charge is -2.35. The van der Waals surface area contributed by atoms with Crippen LogP contribution in [0.25, 0.3) is 0 Å². The van der Waals surface area contributed by atoms with Gasteiger partial charge in [-0.25, -0.2) is 4.79 Å². The average Bonchev–Trinajstić information content (AvgIpc) is 2.50. The van der Waals surface area contributed by atoms with Gasteiger partial charge in [-0.1, -0.05) is 0 Å². The number of rotatable bonds is 6. The molecule has 0 aromatic carbocycles. The standard InChI is InChI=1S/C17H34N4O2S/c1-6-18-15(19-10-8-12-24-5)20-14-9-7-11-21(13-14)16(22)23-17(2,3)4/h14H,6-13H2,1-5H3,(H2,18,19,20). The molecule has 1 unspecified atom stereocenters. The predicted octanol–water partition coefficient (Wildman–Crippen LogP) is 2.69. The molecule has 1 rings (SSSR count). The summed E-state index contributed by atoms with van der Waals surface area (Å²) in [5.74, 6) is 1.97. The van der Waals surface area contributed by atoms with E-state index in [9.17, 15) is 4.79 Å². The van der Waals surface area contributed by atoms with Crippen molar-refractivity contribution < 1.29 is 9.53 Å². The number of ether oxygens (including phenoxy) is 1. The highest BCUT2D eigenvalue weighted by molar-refractivity contribution is 7.98. The van der Waals surface area contributed by atoms with E-state index in [1.807, 2.05) is 32.5 Å². The third-order valence-corrected chi connectivity index (χ3v) is 4.23. The summed E-state index contributed by atoms with van der Waals surface area (Å²) >= 11 is 1.84. The fraction of sp³-hybridized carbons (Fsp3) is 0.882. The number of amides is 1. The Labute approximate surface area is 151 Å². The lowest BCUT2D eigenvalue weighted by Crippen LogP contribution is -2.53. The van der Waals surface area contributed by atoms with Crippen molar-refractivity contribution in [2.45, 2.75) is 58.6 Å². The molecule has 1 saturated heterocycles. The molecular formula is C17H34N4O2S. The topological polar surface area (TPSA) is 66.0 Å². The van der Waals surface area contributed by atoms with Crippen LogP contribution >= 0.6 is 11.8 Å². The van der Waals surface area contributed by atoms with E-state index in [-0.39, 0.29) is 12.1 Å². The van der Waals surface area contributed by atoms with Crippen molar-refractivity contribution in [3.63, 3.8) is 0 Å². The molecule has 0 spiro atoms. The van der Waals surface area contributed by atoms with Crippen LogP contribution in [0.1, 0.15) is 47.0 Å². The van der Waals surface area contributed by atoms with Crippen molar-refractivity contribution in [3.05, 3.63) is 0 Å². The van der Waals surface area contributed by atoms with E-state index in [0.717, 1.165) is 50.6 Å². The number of aliphatic imine (C=N–C) groups is 1. The van der Waals surface area contributed by atoms with Gasteiger partial charge in [0, 0.05) is 32.2 Å². The molecule has 1 amide bonds. The van der Waals surface area contributed by atoms with Gasteiger partial charge in [0.1, 0.15) is 5.60 Å². The summed E-state index contributed by atoms with van der Waals surface area (Å²) in [6.07, 6.45) is 4.97. The van der Waals surface area contributed by atoms with E-state index in [4.69, 9.17) is 4.74 Å². The third-order valence-electron chi connectivity index (χ3n) is 3.53. The molecule has 0 aliphatic carbocycles. The molecule has 7 heteroatoms. The Hall–Kier alpha value is -1.11. The number of hydrogen-bond donors (Lipinski definition) is 2. The molecule has 1 aliphatic heterocycles. The first kappa shape index (κ1) is 20.9. The Morgan fingerprint density at radius 1 is 1.42 bits per heavy atom. The van der Waals surface area contributed by atoms with Crippen LogP contribution in [0.3, 0.4) is 0 Å². The van der Waals surface area contributed by atoms with Gasteiger partial charge in [-0.2, -0.15) is 11.8 Å². The monoisotopic (exact) mass is 358 g/mol. The zero-order valence-corrected chi connectivity index (χ0v) is 16.7. The second kappa shape index (κ2) is 10.7. The van der Waals surface area contributed by atoms with Gasteiger partial charge in [0.05, 0.1) is 0 Å². The molecule has 2 N–H and O–H groups in total. The number of nitrogens with zero attached hydrogens (tertiary/aromatic N) is 2. The van der Waals surface area contributed by atoms with Crippen LogP contribution in [0.5, 0.6) is 0 Å². The fourth-order valence-electron chi connectivity index (χ4n) is 2.50. The minimum Gasteiger partial charge on any atom is -0.444 e. The van der Waals surface area contributed by atoms with Crippen LogP contribution in [0.2, 0.25) is 0 Å². The summed E-state index contributed by atoms with van der Waals surface area (Å²) < 4.78 is 5.48. The second-order valence-corrected chi connectivity index (χ2v) is 8.00. The summed E-state index contributed by atoms with van der Waals surface area (Å²) in [7, 11) is 0. The van der Waals surface area contributed by atoms with Crippen molar-refractivity contribution in [3.8, 4) is 0 Å². The van der Waals surface area contributed by atoms with Crippen LogP contribution in [0.15, 0.2) is 4.99 Å². The van der Waals surface area contributed by atoms with E-state index < -0.39 is 5.60 Å². The Balaban J connectivity index is 2.53. The number of carbonyl (C=O) groups excluding carboxylic acids is 1. The highest BCUT2D eigenvalue weighted by atomic mass is 32.2. The molecule has 0 radical (unpaired) electrons. The summed E-state index contributed by atoms with van der Waals surface area (Å²) in [6.45, 7) is 10.8. The summed E-state index contributed by atoms with van der Waals surface area (Å²) in [4.78, 5) is 18.7. The quantitative estimate of drug-likeness (QED) is 0.434. The highest BCUT2D eigenvalue weighted by Crippen LogP contribution is 2.15. The van der Waals surface area contributed by atoms with E-state index in [0.29, 0.717) is 6.54 Å². The minimum atomic E-state index is -0.453. The maximum atomic E-state index is 12.2. The lowest BCUT2D eigenvalue weighted by atomic mass is 10.1. The van der Waals surface area contributed by atoms with Gasteiger partial charge < -0.3 is 20.3 Å². The Morgan fingerprint density at radius 3 is 2.79 bits per heavy atom. The molecule has 1 fully saturated rings. The second-order valence-electron chi connectivity index (χ2n) is 7.02. The van der Waals surface area contributed by atoms with Crippen LogP contribution in [-0.2, 0) is 4.74 Å². The van der Waals surface area contributed by atoms with E-state index in [1.165, 1.54) is 0 Å². The molecule has 1 aliphatic rings. The summed E-state index contributed by atoms with van der Waals surface area (Å²) in [5.41, 5.74) is -0.453. The van der Waals surface area contributed by atoms with Gasteiger partial charge in [0.2, 0.25) is 0 Å². The zero-order chi connectivity index (χ0) is 18.0. The van der Waals surface area contributed by atoms with E-state index in [1.54, 1.807) is 4.90 Å². The van der Waals surface area contributed by atoms with Gasteiger partial charge in [0.25, 0.3) is 0 Å². The summed E-state index contributed by atoms with van der Waals surface area (Å²) in [5, 5.41) is 6.75. The van der Waals surface area contributed by atoms with Gasteiger partial charge in [-0.3, -0.25) is 4.99 Å². The minimum absolute atomic E-state index is 0.213. The Bertz CT molecular complexity index is 410. The van der Waals surface area contributed by atoms with Crippen LogP contribution in [0.4, 0.5) is 4.79 Å². The lowest BCUT2D eigenvalue weighted by molar-refractivity contribution is 0.0193. The smallest absolute Gasteiger partial charge is 0.410 e. The number of likely N-dealkylation sites (tertiary alicyclic amines) is 1. The first-order valence-corrected chi connectivity index (χ1v) is 10.3. The number of hydrogen-bond acceptors (Lipinski definition) is 4. The van der Waals surface area contributed by atoms with Crippen molar-refractivity contribution in [1.29, 1.82) is 0 Å². The molecule has 24 heavy (non-hydrogen) atoms. The first-order valence-electron chi connectivity index (χ1n) is 8.87. The van der Waals surface area contributed by atoms with Crippen molar-refractivity contribution in [2.75, 3.05) is 38.2 Å². The van der Waals surface area contributed by atoms with Crippen molar-refractivity contribution >= 4 is 23.8 Å². The number of guanidine groups is 1. The van der Waals surface area contributed by atoms with Gasteiger partial charge in [-0.15, -0.1) is 0 Å². The molecular weight excluding hydrogens is 324 g/mol. The number of nitrogens with one attached hydrogen (secondary N) is 2. The number of carbonyl (C=O) groups is 1. The normalized spacial score (nSPS) is 19.1. The molecule has 1 heterocycles. The SMILES string of the molecule is CCNC(=NCCCSC)NC1CCCN(C(=O)OC(C)(C)C)C1. The molecule has 0 bridgehead atoms. The number of piperidine rings is 1. The molecule has 1 atom stereocenters. The maximum Gasteiger partial charge on any atom is 0.410 e. The van der Waals surface area contributed by atoms with Crippen molar-refractivity contribution in [1.82, 2.24) is 15.5 Å². The van der Waals surface area contributed by atoms with E-state index >= 15 is 0 Å². The largest absolute Gasteiger partial charge is 0.444 e. The van der Waals surface area contributed by atoms with Gasteiger partial charge >= 0.3 is 6.09 Å². The van der Waals surface area contributed by atoms with Crippen LogP contribution in [-0.4, -0.2) is 66.8 Å².